The molecular weight excluding hydrogens is 318 g/mol. The molecule has 0 spiro atoms. The average molecular weight is 328 g/mol. The molecule has 2 N–H and O–H groups in total. The highest BCUT2D eigenvalue weighted by molar-refractivity contribution is 9.10. The molecule has 1 aromatic heterocycles. The van der Waals surface area contributed by atoms with Gasteiger partial charge in [0.1, 0.15) is 5.71 Å². The third-order valence-corrected chi connectivity index (χ3v) is 3.70. The number of phenols is 1. The number of hydrogen-bond donors (Lipinski definition) is 2. The normalized spacial score (nSPS) is 11.6. The first kappa shape index (κ1) is 12.9. The fourth-order valence-electron chi connectivity index (χ4n) is 1.56. The molecule has 18 heavy (non-hydrogen) atoms. The molecule has 0 saturated carbocycles. The van der Waals surface area contributed by atoms with E-state index in [2.05, 4.69) is 21.1 Å². The Morgan fingerprint density at radius 1 is 1.44 bits per heavy atom. The van der Waals surface area contributed by atoms with Crippen LogP contribution in [0.2, 0.25) is 0 Å². The molecule has 0 aliphatic carbocycles. The van der Waals surface area contributed by atoms with Gasteiger partial charge in [-0.15, -0.1) is 11.3 Å². The maximum absolute atomic E-state index is 10.1. The largest absolute Gasteiger partial charge is 0.504 e. The summed E-state index contributed by atoms with van der Waals surface area (Å²) < 4.78 is 5.79. The maximum atomic E-state index is 10.1. The highest BCUT2D eigenvalue weighted by atomic mass is 79.9. The first-order valence-electron chi connectivity index (χ1n) is 5.00. The molecule has 0 radical (unpaired) electrons. The van der Waals surface area contributed by atoms with Crippen molar-refractivity contribution in [3.05, 3.63) is 44.6 Å². The van der Waals surface area contributed by atoms with E-state index in [0.717, 1.165) is 9.35 Å². The zero-order valence-corrected chi connectivity index (χ0v) is 11.8. The SMILES string of the molecule is COc1cc(Br)cc(/C(=N\O)c2cccs2)c1O. The van der Waals surface area contributed by atoms with Crippen LogP contribution in [0.3, 0.4) is 0 Å². The van der Waals surface area contributed by atoms with Gasteiger partial charge in [-0.25, -0.2) is 0 Å². The van der Waals surface area contributed by atoms with Crippen molar-refractivity contribution >= 4 is 33.0 Å². The van der Waals surface area contributed by atoms with Crippen LogP contribution in [0.4, 0.5) is 0 Å². The van der Waals surface area contributed by atoms with Crippen molar-refractivity contribution in [3.8, 4) is 11.5 Å². The number of ether oxygens (including phenoxy) is 1. The predicted molar refractivity (Wildman–Crippen MR) is 74.1 cm³/mol. The van der Waals surface area contributed by atoms with Gasteiger partial charge in [0.05, 0.1) is 17.6 Å². The van der Waals surface area contributed by atoms with Gasteiger partial charge in [0.25, 0.3) is 0 Å². The zero-order valence-electron chi connectivity index (χ0n) is 9.42. The lowest BCUT2D eigenvalue weighted by atomic mass is 10.1. The van der Waals surface area contributed by atoms with Crippen molar-refractivity contribution < 1.29 is 15.1 Å². The van der Waals surface area contributed by atoms with Crippen LogP contribution in [0.15, 0.2) is 39.3 Å². The monoisotopic (exact) mass is 327 g/mol. The van der Waals surface area contributed by atoms with Gasteiger partial charge in [-0.1, -0.05) is 27.2 Å². The molecule has 0 bridgehead atoms. The topological polar surface area (TPSA) is 62.0 Å². The number of rotatable bonds is 3. The van der Waals surface area contributed by atoms with Crippen molar-refractivity contribution in [2.75, 3.05) is 7.11 Å². The molecule has 0 atom stereocenters. The van der Waals surface area contributed by atoms with Crippen molar-refractivity contribution in [2.24, 2.45) is 5.16 Å². The minimum atomic E-state index is -0.0538. The van der Waals surface area contributed by atoms with Crippen molar-refractivity contribution in [3.63, 3.8) is 0 Å². The number of thiophene rings is 1. The molecule has 2 aromatic rings. The lowest BCUT2D eigenvalue weighted by Crippen LogP contribution is -2.02. The second-order valence-corrected chi connectivity index (χ2v) is 5.29. The molecule has 0 unspecified atom stereocenters. The summed E-state index contributed by atoms with van der Waals surface area (Å²) in [5.74, 6) is 0.263. The molecule has 0 amide bonds. The van der Waals surface area contributed by atoms with E-state index in [0.29, 0.717) is 17.0 Å². The van der Waals surface area contributed by atoms with E-state index in [1.54, 1.807) is 12.1 Å². The van der Waals surface area contributed by atoms with Gasteiger partial charge in [0.2, 0.25) is 0 Å². The van der Waals surface area contributed by atoms with Gasteiger partial charge in [-0.05, 0) is 23.6 Å². The van der Waals surface area contributed by atoms with E-state index < -0.39 is 0 Å². The molecule has 94 valence electrons. The average Bonchev–Trinajstić information content (AvgIpc) is 2.87. The summed E-state index contributed by atoms with van der Waals surface area (Å²) in [6, 6.07) is 6.97. The van der Waals surface area contributed by atoms with E-state index >= 15 is 0 Å². The Morgan fingerprint density at radius 3 is 2.78 bits per heavy atom. The van der Waals surface area contributed by atoms with Gasteiger partial charge in [-0.2, -0.15) is 0 Å². The fraction of sp³-hybridized carbons (Fsp3) is 0.0833. The lowest BCUT2D eigenvalue weighted by molar-refractivity contribution is 0.319. The van der Waals surface area contributed by atoms with E-state index in [1.165, 1.54) is 18.4 Å². The minimum absolute atomic E-state index is 0.0538. The minimum Gasteiger partial charge on any atom is -0.504 e. The summed E-state index contributed by atoms with van der Waals surface area (Å²) >= 11 is 4.74. The van der Waals surface area contributed by atoms with Crippen LogP contribution in [0.1, 0.15) is 10.4 Å². The zero-order chi connectivity index (χ0) is 13.1. The van der Waals surface area contributed by atoms with Crippen LogP contribution >= 0.6 is 27.3 Å². The summed E-state index contributed by atoms with van der Waals surface area (Å²) in [6.45, 7) is 0. The van der Waals surface area contributed by atoms with Gasteiger partial charge in [0.15, 0.2) is 11.5 Å². The second-order valence-electron chi connectivity index (χ2n) is 3.43. The number of halogens is 1. The fourth-order valence-corrected chi connectivity index (χ4v) is 2.72. The standard InChI is InChI=1S/C12H10BrNO3S/c1-17-9-6-7(13)5-8(12(9)15)11(14-16)10-3-2-4-18-10/h2-6,15-16H,1H3/b14-11+. The van der Waals surface area contributed by atoms with Crippen molar-refractivity contribution in [1.29, 1.82) is 0 Å². The highest BCUT2D eigenvalue weighted by Gasteiger charge is 2.17. The number of nitrogens with zero attached hydrogens (tertiary/aromatic N) is 1. The van der Waals surface area contributed by atoms with Gasteiger partial charge in [-0.3, -0.25) is 0 Å². The first-order chi connectivity index (χ1) is 8.67. The Bertz CT molecular complexity index is 581. The number of benzene rings is 1. The summed E-state index contributed by atoms with van der Waals surface area (Å²) in [5, 5.41) is 24.4. The first-order valence-corrected chi connectivity index (χ1v) is 6.67. The maximum Gasteiger partial charge on any atom is 0.167 e. The molecule has 1 aromatic carbocycles. The van der Waals surface area contributed by atoms with Crippen molar-refractivity contribution in [1.82, 2.24) is 0 Å². The Labute approximate surface area is 116 Å². The number of aromatic hydroxyl groups is 1. The Kier molecular flexibility index (Phi) is 3.88. The van der Waals surface area contributed by atoms with Crippen molar-refractivity contribution in [2.45, 2.75) is 0 Å². The highest BCUT2D eigenvalue weighted by Crippen LogP contribution is 2.35. The third kappa shape index (κ3) is 2.34. The third-order valence-electron chi connectivity index (χ3n) is 2.37. The molecule has 0 saturated heterocycles. The van der Waals surface area contributed by atoms with E-state index in [4.69, 9.17) is 9.94 Å². The quantitative estimate of drug-likeness (QED) is 0.515. The van der Waals surface area contributed by atoms with E-state index in [-0.39, 0.29) is 5.75 Å². The van der Waals surface area contributed by atoms with Crippen LogP contribution < -0.4 is 4.74 Å². The van der Waals surface area contributed by atoms with Crippen LogP contribution in [-0.4, -0.2) is 23.1 Å². The number of hydrogen-bond acceptors (Lipinski definition) is 5. The number of phenolic OH excluding ortho intramolecular Hbond substituents is 1. The summed E-state index contributed by atoms with van der Waals surface area (Å²) in [7, 11) is 1.46. The lowest BCUT2D eigenvalue weighted by Gasteiger charge is -2.10. The van der Waals surface area contributed by atoms with Gasteiger partial charge >= 0.3 is 0 Å². The van der Waals surface area contributed by atoms with E-state index in [9.17, 15) is 5.11 Å². The molecule has 6 heteroatoms. The number of oxime groups is 1. The van der Waals surface area contributed by atoms with Crippen LogP contribution in [0, 0.1) is 0 Å². The molecule has 0 aliphatic rings. The summed E-state index contributed by atoms with van der Waals surface area (Å²) in [4.78, 5) is 0.757. The Hall–Kier alpha value is -1.53. The van der Waals surface area contributed by atoms with Gasteiger partial charge in [0, 0.05) is 4.47 Å². The van der Waals surface area contributed by atoms with Gasteiger partial charge < -0.3 is 15.1 Å². The van der Waals surface area contributed by atoms with E-state index in [1.807, 2.05) is 17.5 Å². The van der Waals surface area contributed by atoms with Crippen LogP contribution in [-0.2, 0) is 0 Å². The number of methoxy groups -OCH3 is 1. The molecule has 2 rings (SSSR count). The smallest absolute Gasteiger partial charge is 0.167 e. The molecule has 0 fully saturated rings. The Morgan fingerprint density at radius 2 is 2.22 bits per heavy atom. The van der Waals surface area contributed by atoms with Crippen LogP contribution in [0.25, 0.3) is 0 Å². The second kappa shape index (κ2) is 5.41. The summed E-state index contributed by atoms with van der Waals surface area (Å²) in [6.07, 6.45) is 0. The molecule has 0 aliphatic heterocycles. The molecular formula is C12H10BrNO3S. The predicted octanol–water partition coefficient (Wildman–Crippen LogP) is 3.45. The van der Waals surface area contributed by atoms with Crippen LogP contribution in [0.5, 0.6) is 11.5 Å². The Balaban J connectivity index is 2.60. The molecule has 4 nitrogen and oxygen atoms in total. The molecule has 1 heterocycles. The summed E-state index contributed by atoms with van der Waals surface area (Å²) in [5.41, 5.74) is 0.716.